The molecule has 0 aliphatic carbocycles. The van der Waals surface area contributed by atoms with E-state index >= 15 is 0 Å². The van der Waals surface area contributed by atoms with Gasteiger partial charge in [-0.2, -0.15) is 18.2 Å². The third-order valence-corrected chi connectivity index (χ3v) is 6.45. The maximum Gasteiger partial charge on any atom is 0.416 e. The van der Waals surface area contributed by atoms with Gasteiger partial charge in [0, 0.05) is 24.9 Å². The Kier molecular flexibility index (Phi) is 6.31. The standard InChI is InChI=1S/C22H16Cl2F3N7O4/c1-32-19-10(9-33(21(32)35)18-16(23)14(36-2)7-15(37-3)17(18)24)8-28-20(29-19)38-34-13-5-4-11(22(25,26)27)6-12(13)30-31-34/h4-8H,9H2,1-3H3. The second-order valence-corrected chi connectivity index (χ2v) is 8.70. The number of methoxy groups -OCH3 is 2. The zero-order chi connectivity index (χ0) is 27.4. The predicted octanol–water partition coefficient (Wildman–Crippen LogP) is 4.98. The van der Waals surface area contributed by atoms with Crippen molar-refractivity contribution in [2.45, 2.75) is 12.7 Å². The minimum Gasteiger partial charge on any atom is -0.495 e. The monoisotopic (exact) mass is 569 g/mol. The molecule has 38 heavy (non-hydrogen) atoms. The highest BCUT2D eigenvalue weighted by atomic mass is 35.5. The summed E-state index contributed by atoms with van der Waals surface area (Å²) in [7, 11) is 4.31. The number of aromatic nitrogens is 5. The molecule has 3 heterocycles. The van der Waals surface area contributed by atoms with Gasteiger partial charge in [-0.15, -0.1) is 5.10 Å². The van der Waals surface area contributed by atoms with E-state index in [-0.39, 0.29) is 56.6 Å². The summed E-state index contributed by atoms with van der Waals surface area (Å²) in [4.78, 5) is 30.8. The van der Waals surface area contributed by atoms with Gasteiger partial charge in [-0.25, -0.2) is 9.78 Å². The molecule has 2 aromatic carbocycles. The summed E-state index contributed by atoms with van der Waals surface area (Å²) in [6.45, 7) is 0.00102. The number of carbonyl (C=O) groups is 1. The van der Waals surface area contributed by atoms with E-state index in [4.69, 9.17) is 37.5 Å². The summed E-state index contributed by atoms with van der Waals surface area (Å²) >= 11 is 13.0. The van der Waals surface area contributed by atoms with Crippen LogP contribution in [0.15, 0.2) is 30.5 Å². The summed E-state index contributed by atoms with van der Waals surface area (Å²) in [5.74, 6) is 0.736. The summed E-state index contributed by atoms with van der Waals surface area (Å²) in [6, 6.07) is 3.66. The first-order valence-corrected chi connectivity index (χ1v) is 11.4. The second-order valence-electron chi connectivity index (χ2n) is 7.94. The van der Waals surface area contributed by atoms with Crippen LogP contribution < -0.4 is 24.1 Å². The molecule has 5 rings (SSSR count). The molecule has 0 unspecified atom stereocenters. The van der Waals surface area contributed by atoms with Crippen LogP contribution >= 0.6 is 23.2 Å². The quantitative estimate of drug-likeness (QED) is 0.331. The van der Waals surface area contributed by atoms with Gasteiger partial charge < -0.3 is 14.3 Å². The minimum atomic E-state index is -4.53. The molecule has 0 spiro atoms. The highest BCUT2D eigenvalue weighted by Crippen LogP contribution is 2.47. The highest BCUT2D eigenvalue weighted by molar-refractivity contribution is 6.42. The van der Waals surface area contributed by atoms with Crippen molar-refractivity contribution < 1.29 is 32.3 Å². The lowest BCUT2D eigenvalue weighted by molar-refractivity contribution is -0.137. The number of hydrogen-bond donors (Lipinski definition) is 0. The van der Waals surface area contributed by atoms with E-state index in [0.29, 0.717) is 5.56 Å². The van der Waals surface area contributed by atoms with Crippen molar-refractivity contribution in [3.63, 3.8) is 0 Å². The first kappa shape index (κ1) is 25.6. The summed E-state index contributed by atoms with van der Waals surface area (Å²) in [5, 5.41) is 7.64. The molecule has 0 atom stereocenters. The van der Waals surface area contributed by atoms with Crippen LogP contribution in [-0.4, -0.2) is 52.4 Å². The molecule has 16 heteroatoms. The number of halogens is 5. The number of fused-ring (bicyclic) bond motifs is 2. The first-order valence-electron chi connectivity index (χ1n) is 10.7. The molecule has 0 fully saturated rings. The second kappa shape index (κ2) is 9.36. The first-order chi connectivity index (χ1) is 18.0. The molecule has 0 N–H and O–H groups in total. The van der Waals surface area contributed by atoms with Crippen molar-refractivity contribution in [3.8, 4) is 17.5 Å². The van der Waals surface area contributed by atoms with Crippen molar-refractivity contribution in [1.82, 2.24) is 25.1 Å². The van der Waals surface area contributed by atoms with Gasteiger partial charge in [0.1, 0.15) is 38.4 Å². The molecule has 11 nitrogen and oxygen atoms in total. The summed E-state index contributed by atoms with van der Waals surface area (Å²) < 4.78 is 49.5. The number of nitrogens with zero attached hydrogens (tertiary/aromatic N) is 7. The third kappa shape index (κ3) is 4.24. The Morgan fingerprint density at radius 1 is 1.05 bits per heavy atom. The van der Waals surface area contributed by atoms with E-state index in [1.807, 2.05) is 0 Å². The predicted molar refractivity (Wildman–Crippen MR) is 130 cm³/mol. The molecular weight excluding hydrogens is 554 g/mol. The SMILES string of the molecule is COc1cc(OC)c(Cl)c(N2Cc3cnc(On4nnc5cc(C(F)(F)F)ccc54)nc3N(C)C2=O)c1Cl. The zero-order valence-corrected chi connectivity index (χ0v) is 21.3. The van der Waals surface area contributed by atoms with Crippen LogP contribution in [-0.2, 0) is 12.7 Å². The van der Waals surface area contributed by atoms with Crippen molar-refractivity contribution in [1.29, 1.82) is 0 Å². The van der Waals surface area contributed by atoms with Gasteiger partial charge in [0.2, 0.25) is 0 Å². The summed E-state index contributed by atoms with van der Waals surface area (Å²) in [5.41, 5.74) is -0.0543. The number of hydrogen-bond acceptors (Lipinski definition) is 8. The molecule has 0 radical (unpaired) electrons. The minimum absolute atomic E-state index is 0.00102. The summed E-state index contributed by atoms with van der Waals surface area (Å²) in [6.07, 6.45) is -3.11. The van der Waals surface area contributed by atoms with Gasteiger partial charge in [-0.1, -0.05) is 28.0 Å². The molecule has 2 amide bonds. The lowest BCUT2D eigenvalue weighted by Gasteiger charge is -2.35. The Bertz CT molecular complexity index is 1550. The Morgan fingerprint density at radius 3 is 2.37 bits per heavy atom. The number of rotatable bonds is 5. The maximum absolute atomic E-state index is 13.3. The molecule has 0 saturated heterocycles. The third-order valence-electron chi connectivity index (χ3n) is 5.71. The fourth-order valence-electron chi connectivity index (χ4n) is 3.85. The average Bonchev–Trinajstić information content (AvgIpc) is 3.29. The average molecular weight is 570 g/mol. The van der Waals surface area contributed by atoms with Gasteiger partial charge >= 0.3 is 18.2 Å². The zero-order valence-electron chi connectivity index (χ0n) is 19.7. The highest BCUT2D eigenvalue weighted by Gasteiger charge is 2.35. The molecular formula is C22H16Cl2F3N7O4. The number of ether oxygens (including phenoxy) is 2. The van der Waals surface area contributed by atoms with E-state index in [0.717, 1.165) is 17.0 Å². The number of benzene rings is 2. The van der Waals surface area contributed by atoms with E-state index in [1.54, 1.807) is 0 Å². The van der Waals surface area contributed by atoms with Gasteiger partial charge in [0.05, 0.1) is 32.0 Å². The largest absolute Gasteiger partial charge is 0.495 e. The molecule has 1 aliphatic rings. The lowest BCUT2D eigenvalue weighted by Crippen LogP contribution is -2.46. The van der Waals surface area contributed by atoms with Crippen molar-refractivity contribution in [3.05, 3.63) is 51.6 Å². The van der Waals surface area contributed by atoms with Gasteiger partial charge in [0.15, 0.2) is 0 Å². The Morgan fingerprint density at radius 2 is 1.74 bits per heavy atom. The van der Waals surface area contributed by atoms with Gasteiger partial charge in [-0.05, 0) is 23.4 Å². The van der Waals surface area contributed by atoms with Gasteiger partial charge in [0.25, 0.3) is 0 Å². The van der Waals surface area contributed by atoms with Crippen molar-refractivity contribution >= 4 is 51.8 Å². The van der Waals surface area contributed by atoms with Crippen LogP contribution in [0.4, 0.5) is 29.5 Å². The van der Waals surface area contributed by atoms with Crippen LogP contribution in [0.3, 0.4) is 0 Å². The Balaban J connectivity index is 1.47. The van der Waals surface area contributed by atoms with E-state index in [9.17, 15) is 18.0 Å². The molecule has 2 aromatic heterocycles. The Labute approximate surface area is 222 Å². The molecule has 4 aromatic rings. The van der Waals surface area contributed by atoms with Gasteiger partial charge in [-0.3, -0.25) is 9.80 Å². The topological polar surface area (TPSA) is 108 Å². The maximum atomic E-state index is 13.3. The number of carbonyl (C=O) groups excluding carboxylic acids is 1. The van der Waals surface area contributed by atoms with Crippen LogP contribution in [0, 0.1) is 0 Å². The fourth-order valence-corrected chi connectivity index (χ4v) is 4.55. The van der Waals surface area contributed by atoms with E-state index < -0.39 is 17.8 Å². The van der Waals surface area contributed by atoms with E-state index in [2.05, 4.69) is 20.3 Å². The number of urea groups is 1. The fraction of sp³-hybridized carbons (Fsp3) is 0.227. The van der Waals surface area contributed by atoms with E-state index in [1.165, 1.54) is 49.4 Å². The molecule has 0 bridgehead atoms. The Hall–Kier alpha value is -4.04. The smallest absolute Gasteiger partial charge is 0.416 e. The normalized spacial score (nSPS) is 13.6. The van der Waals surface area contributed by atoms with Crippen LogP contribution in [0.25, 0.3) is 11.0 Å². The van der Waals surface area contributed by atoms with Crippen LogP contribution in [0.5, 0.6) is 17.5 Å². The lowest BCUT2D eigenvalue weighted by atomic mass is 10.2. The molecule has 0 saturated carbocycles. The van der Waals surface area contributed by atoms with Crippen molar-refractivity contribution in [2.75, 3.05) is 31.1 Å². The number of amides is 2. The number of alkyl halides is 3. The number of anilines is 2. The van der Waals surface area contributed by atoms with Crippen LogP contribution in [0.2, 0.25) is 10.0 Å². The van der Waals surface area contributed by atoms with Crippen LogP contribution in [0.1, 0.15) is 11.1 Å². The molecule has 1 aliphatic heterocycles. The van der Waals surface area contributed by atoms with Crippen molar-refractivity contribution in [2.24, 2.45) is 0 Å². The molecule has 198 valence electrons.